The number of piperidine rings is 1. The van der Waals surface area contributed by atoms with E-state index in [9.17, 15) is 14.9 Å². The van der Waals surface area contributed by atoms with Gasteiger partial charge >= 0.3 is 0 Å². The van der Waals surface area contributed by atoms with Gasteiger partial charge in [-0.2, -0.15) is 0 Å². The molecule has 4 N–H and O–H groups in total. The van der Waals surface area contributed by atoms with Gasteiger partial charge in [0.2, 0.25) is 5.91 Å². The van der Waals surface area contributed by atoms with Crippen molar-refractivity contribution in [3.63, 3.8) is 0 Å². The number of likely N-dealkylation sites (tertiary alicyclic amines) is 1. The Kier molecular flexibility index (Phi) is 4.97. The Morgan fingerprint density at radius 2 is 2.09 bits per heavy atom. The summed E-state index contributed by atoms with van der Waals surface area (Å²) < 4.78 is 0. The molecule has 7 nitrogen and oxygen atoms in total. The number of nitro benzene ring substituents is 1. The lowest BCUT2D eigenvalue weighted by Gasteiger charge is -2.32. The number of nitrogens with two attached hydrogens (primary N) is 2. The van der Waals surface area contributed by atoms with Crippen LogP contribution in [-0.2, 0) is 11.2 Å². The molecule has 22 heavy (non-hydrogen) atoms. The molecule has 1 heterocycles. The monoisotopic (exact) mass is 306 g/mol. The van der Waals surface area contributed by atoms with Crippen LogP contribution in [0.2, 0.25) is 0 Å². The highest BCUT2D eigenvalue weighted by Gasteiger charge is 2.25. The third-order valence-corrected chi connectivity index (χ3v) is 4.16. The first-order valence-electron chi connectivity index (χ1n) is 7.45. The average molecular weight is 306 g/mol. The summed E-state index contributed by atoms with van der Waals surface area (Å²) in [5, 5.41) is 10.9. The predicted octanol–water partition coefficient (Wildman–Crippen LogP) is 1.31. The summed E-state index contributed by atoms with van der Waals surface area (Å²) in [4.78, 5) is 24.5. The van der Waals surface area contributed by atoms with Gasteiger partial charge < -0.3 is 16.4 Å². The molecule has 0 radical (unpaired) electrons. The molecule has 0 aromatic heterocycles. The predicted molar refractivity (Wildman–Crippen MR) is 84.2 cm³/mol. The molecule has 2 rings (SSSR count). The minimum Gasteiger partial charge on any atom is -0.393 e. The Labute approximate surface area is 129 Å². The number of benzene rings is 1. The van der Waals surface area contributed by atoms with Gasteiger partial charge in [0.15, 0.2) is 0 Å². The summed E-state index contributed by atoms with van der Waals surface area (Å²) in [7, 11) is 0. The first kappa shape index (κ1) is 16.2. The molecule has 1 aromatic rings. The third kappa shape index (κ3) is 3.73. The second kappa shape index (κ2) is 6.74. The SMILES string of the molecule is CC1CCN(C(=O)[C@@H](N)Cc2ccc(N)c([N+](=O)[O-])c2)CC1. The molecule has 1 fully saturated rings. The van der Waals surface area contributed by atoms with Crippen molar-refractivity contribution in [2.75, 3.05) is 18.8 Å². The van der Waals surface area contributed by atoms with Gasteiger partial charge in [0.1, 0.15) is 5.69 Å². The molecule has 0 saturated carbocycles. The molecule has 1 aliphatic heterocycles. The second-order valence-electron chi connectivity index (χ2n) is 5.97. The van der Waals surface area contributed by atoms with Gasteiger partial charge in [-0.25, -0.2) is 0 Å². The molecular formula is C15H22N4O3. The largest absolute Gasteiger partial charge is 0.393 e. The molecular weight excluding hydrogens is 284 g/mol. The van der Waals surface area contributed by atoms with Gasteiger partial charge in [-0.15, -0.1) is 0 Å². The van der Waals surface area contributed by atoms with Gasteiger partial charge in [-0.3, -0.25) is 14.9 Å². The minimum atomic E-state index is -0.684. The second-order valence-corrected chi connectivity index (χ2v) is 5.97. The van der Waals surface area contributed by atoms with Crippen molar-refractivity contribution in [2.45, 2.75) is 32.2 Å². The molecule has 1 atom stereocenters. The van der Waals surface area contributed by atoms with Crippen LogP contribution in [0.25, 0.3) is 0 Å². The van der Waals surface area contributed by atoms with Crippen LogP contribution in [0.3, 0.4) is 0 Å². The normalized spacial score (nSPS) is 17.3. The lowest BCUT2D eigenvalue weighted by atomic mass is 9.97. The molecule has 1 amide bonds. The first-order valence-corrected chi connectivity index (χ1v) is 7.45. The molecule has 1 saturated heterocycles. The number of nitro groups is 1. The molecule has 1 aromatic carbocycles. The number of hydrogen-bond donors (Lipinski definition) is 2. The summed E-state index contributed by atoms with van der Waals surface area (Å²) in [6.07, 6.45) is 2.25. The summed E-state index contributed by atoms with van der Waals surface area (Å²) in [6.45, 7) is 3.64. The molecule has 1 aliphatic rings. The van der Waals surface area contributed by atoms with Crippen LogP contribution in [0.4, 0.5) is 11.4 Å². The number of anilines is 1. The Morgan fingerprint density at radius 1 is 1.45 bits per heavy atom. The maximum absolute atomic E-state index is 12.3. The number of carbonyl (C=O) groups is 1. The fourth-order valence-electron chi connectivity index (χ4n) is 2.68. The molecule has 120 valence electrons. The van der Waals surface area contributed by atoms with Crippen LogP contribution in [0.1, 0.15) is 25.3 Å². The van der Waals surface area contributed by atoms with Crippen LogP contribution in [0, 0.1) is 16.0 Å². The van der Waals surface area contributed by atoms with Crippen molar-refractivity contribution in [2.24, 2.45) is 11.7 Å². The topological polar surface area (TPSA) is 115 Å². The van der Waals surface area contributed by atoms with Crippen molar-refractivity contribution < 1.29 is 9.72 Å². The van der Waals surface area contributed by atoms with E-state index in [-0.39, 0.29) is 23.7 Å². The maximum Gasteiger partial charge on any atom is 0.292 e. The molecule has 0 bridgehead atoms. The van der Waals surface area contributed by atoms with E-state index >= 15 is 0 Å². The quantitative estimate of drug-likeness (QED) is 0.494. The molecule has 0 aliphatic carbocycles. The smallest absolute Gasteiger partial charge is 0.292 e. The van der Waals surface area contributed by atoms with Crippen molar-refractivity contribution in [1.82, 2.24) is 4.90 Å². The average Bonchev–Trinajstić information content (AvgIpc) is 2.49. The summed E-state index contributed by atoms with van der Waals surface area (Å²) in [5.74, 6) is 0.548. The van der Waals surface area contributed by atoms with E-state index in [0.717, 1.165) is 25.9 Å². The van der Waals surface area contributed by atoms with E-state index < -0.39 is 11.0 Å². The van der Waals surface area contributed by atoms with Crippen LogP contribution in [0.5, 0.6) is 0 Å². The van der Waals surface area contributed by atoms with Gasteiger partial charge in [0.05, 0.1) is 11.0 Å². The molecule has 7 heteroatoms. The third-order valence-electron chi connectivity index (χ3n) is 4.16. The van der Waals surface area contributed by atoms with Crippen molar-refractivity contribution in [3.8, 4) is 0 Å². The Hall–Kier alpha value is -2.15. The standard InChI is InChI=1S/C15H22N4O3/c1-10-4-6-18(7-5-10)15(20)13(17)8-11-2-3-12(16)14(9-11)19(21)22/h2-3,9-10,13H,4-8,16-17H2,1H3/t13-/m0/s1. The van der Waals surface area contributed by atoms with Gasteiger partial charge in [0.25, 0.3) is 5.69 Å². The number of nitrogens with zero attached hydrogens (tertiary/aromatic N) is 2. The number of rotatable bonds is 4. The summed E-state index contributed by atoms with van der Waals surface area (Å²) >= 11 is 0. The molecule has 0 spiro atoms. The Bertz CT molecular complexity index is 568. The lowest BCUT2D eigenvalue weighted by molar-refractivity contribution is -0.384. The van der Waals surface area contributed by atoms with E-state index in [0.29, 0.717) is 11.5 Å². The minimum absolute atomic E-state index is 0.0913. The summed E-state index contributed by atoms with van der Waals surface area (Å²) in [6, 6.07) is 3.86. The van der Waals surface area contributed by atoms with Crippen LogP contribution in [0.15, 0.2) is 18.2 Å². The number of amides is 1. The fourth-order valence-corrected chi connectivity index (χ4v) is 2.68. The van der Waals surface area contributed by atoms with E-state index in [4.69, 9.17) is 11.5 Å². The van der Waals surface area contributed by atoms with Crippen molar-refractivity contribution in [3.05, 3.63) is 33.9 Å². The Morgan fingerprint density at radius 3 is 2.68 bits per heavy atom. The zero-order chi connectivity index (χ0) is 16.3. The van der Waals surface area contributed by atoms with Gasteiger partial charge in [-0.1, -0.05) is 13.0 Å². The van der Waals surface area contributed by atoms with E-state index in [1.54, 1.807) is 11.0 Å². The van der Waals surface area contributed by atoms with Crippen LogP contribution < -0.4 is 11.5 Å². The first-order chi connectivity index (χ1) is 10.4. The molecule has 0 unspecified atom stereocenters. The van der Waals surface area contributed by atoms with Crippen LogP contribution >= 0.6 is 0 Å². The number of nitrogen functional groups attached to an aromatic ring is 1. The number of hydrogen-bond acceptors (Lipinski definition) is 5. The van der Waals surface area contributed by atoms with E-state index in [1.165, 1.54) is 12.1 Å². The van der Waals surface area contributed by atoms with Gasteiger partial charge in [-0.05, 0) is 36.8 Å². The summed E-state index contributed by atoms with van der Waals surface area (Å²) in [5.41, 5.74) is 12.2. The number of carbonyl (C=O) groups excluding carboxylic acids is 1. The lowest BCUT2D eigenvalue weighted by Crippen LogP contribution is -2.47. The Balaban J connectivity index is 2.02. The van der Waals surface area contributed by atoms with Crippen LogP contribution in [-0.4, -0.2) is 34.9 Å². The van der Waals surface area contributed by atoms with Gasteiger partial charge in [0, 0.05) is 19.2 Å². The van der Waals surface area contributed by atoms with E-state index in [2.05, 4.69) is 6.92 Å². The highest BCUT2D eigenvalue weighted by Crippen LogP contribution is 2.23. The van der Waals surface area contributed by atoms with Crippen molar-refractivity contribution in [1.29, 1.82) is 0 Å². The zero-order valence-corrected chi connectivity index (χ0v) is 12.7. The highest BCUT2D eigenvalue weighted by molar-refractivity contribution is 5.82. The zero-order valence-electron chi connectivity index (χ0n) is 12.7. The van der Waals surface area contributed by atoms with E-state index in [1.807, 2.05) is 0 Å². The highest BCUT2D eigenvalue weighted by atomic mass is 16.6. The van der Waals surface area contributed by atoms with Crippen molar-refractivity contribution >= 4 is 17.3 Å². The maximum atomic E-state index is 12.3. The fraction of sp³-hybridized carbons (Fsp3) is 0.533.